The van der Waals surface area contributed by atoms with Crippen LogP contribution >= 0.6 is 15.9 Å². The van der Waals surface area contributed by atoms with Crippen LogP contribution in [0.4, 0.5) is 0 Å². The topological polar surface area (TPSA) is 15.7 Å². The summed E-state index contributed by atoms with van der Waals surface area (Å²) in [4.78, 5) is 5.29. The summed E-state index contributed by atoms with van der Waals surface area (Å²) in [6.45, 7) is 6.89. The van der Waals surface area contributed by atoms with E-state index in [2.05, 4.69) is 68.2 Å². The van der Waals surface area contributed by atoms with Crippen molar-refractivity contribution >= 4 is 15.9 Å². The molecule has 30 heavy (non-hydrogen) atoms. The lowest BCUT2D eigenvalue weighted by molar-refractivity contribution is 0.204. The highest BCUT2D eigenvalue weighted by molar-refractivity contribution is 9.10. The number of fused-ring (bicyclic) bond motifs is 3. The summed E-state index contributed by atoms with van der Waals surface area (Å²) < 4.78 is 7.36. The summed E-state index contributed by atoms with van der Waals surface area (Å²) in [6, 6.07) is 16.4. The van der Waals surface area contributed by atoms with Crippen molar-refractivity contribution in [1.29, 1.82) is 0 Å². The van der Waals surface area contributed by atoms with Gasteiger partial charge in [0.15, 0.2) is 0 Å². The number of nitrogens with zero attached hydrogens (tertiary/aromatic N) is 2. The number of benzene rings is 2. The Morgan fingerprint density at radius 2 is 1.73 bits per heavy atom. The van der Waals surface area contributed by atoms with Crippen LogP contribution in [0.15, 0.2) is 46.9 Å². The fraction of sp³-hybridized carbons (Fsp3) is 0.538. The van der Waals surface area contributed by atoms with Crippen molar-refractivity contribution in [3.8, 4) is 5.75 Å². The Hall–Kier alpha value is -1.36. The van der Waals surface area contributed by atoms with Gasteiger partial charge in [-0.15, -0.1) is 0 Å². The first-order valence-corrected chi connectivity index (χ1v) is 12.6. The number of halogens is 1. The van der Waals surface area contributed by atoms with Gasteiger partial charge in [0.05, 0.1) is 6.61 Å². The Morgan fingerprint density at radius 3 is 2.57 bits per heavy atom. The SMILES string of the molecule is Brc1ccc([C@@H]2CN3CCC[C@H]3c3cc(OCCCN4CCCCC4)ccc32)cc1. The van der Waals surface area contributed by atoms with E-state index in [0.29, 0.717) is 12.0 Å². The Morgan fingerprint density at radius 1 is 0.900 bits per heavy atom. The molecule has 0 spiro atoms. The van der Waals surface area contributed by atoms with Gasteiger partial charge in [0.2, 0.25) is 0 Å². The quantitative estimate of drug-likeness (QED) is 0.484. The number of hydrogen-bond donors (Lipinski definition) is 0. The molecule has 160 valence electrons. The molecule has 2 aromatic rings. The largest absolute Gasteiger partial charge is 0.494 e. The molecule has 2 saturated heterocycles. The molecule has 0 saturated carbocycles. The second-order valence-electron chi connectivity index (χ2n) is 9.15. The van der Waals surface area contributed by atoms with E-state index >= 15 is 0 Å². The molecule has 0 radical (unpaired) electrons. The van der Waals surface area contributed by atoms with E-state index in [1.165, 1.54) is 75.0 Å². The van der Waals surface area contributed by atoms with E-state index in [4.69, 9.17) is 4.74 Å². The second kappa shape index (κ2) is 9.42. The predicted octanol–water partition coefficient (Wildman–Crippen LogP) is 5.99. The Kier molecular flexibility index (Phi) is 6.45. The van der Waals surface area contributed by atoms with Gasteiger partial charge >= 0.3 is 0 Å². The molecule has 3 aliphatic rings. The number of likely N-dealkylation sites (tertiary alicyclic amines) is 1. The van der Waals surface area contributed by atoms with Crippen LogP contribution in [0, 0.1) is 0 Å². The average molecular weight is 469 g/mol. The fourth-order valence-electron chi connectivity index (χ4n) is 5.62. The summed E-state index contributed by atoms with van der Waals surface area (Å²) >= 11 is 3.58. The molecule has 0 aromatic heterocycles. The highest BCUT2D eigenvalue weighted by Crippen LogP contribution is 2.45. The molecule has 2 fully saturated rings. The van der Waals surface area contributed by atoms with Gasteiger partial charge in [-0.05, 0) is 92.7 Å². The molecule has 2 atom stereocenters. The van der Waals surface area contributed by atoms with Crippen LogP contribution in [0.1, 0.15) is 67.2 Å². The minimum atomic E-state index is 0.454. The molecule has 0 unspecified atom stereocenters. The van der Waals surface area contributed by atoms with Crippen molar-refractivity contribution in [3.63, 3.8) is 0 Å². The molecule has 3 heterocycles. The summed E-state index contributed by atoms with van der Waals surface area (Å²) in [7, 11) is 0. The van der Waals surface area contributed by atoms with Crippen LogP contribution in [-0.4, -0.2) is 49.1 Å². The van der Waals surface area contributed by atoms with E-state index in [1.807, 2.05) is 0 Å². The van der Waals surface area contributed by atoms with Gasteiger partial charge in [0, 0.05) is 29.5 Å². The van der Waals surface area contributed by atoms with E-state index in [-0.39, 0.29) is 0 Å². The van der Waals surface area contributed by atoms with Crippen LogP contribution in [0.25, 0.3) is 0 Å². The first kappa shape index (κ1) is 20.5. The Bertz CT molecular complexity index is 847. The molecule has 3 nitrogen and oxygen atoms in total. The predicted molar refractivity (Wildman–Crippen MR) is 126 cm³/mol. The Labute approximate surface area is 189 Å². The van der Waals surface area contributed by atoms with Crippen molar-refractivity contribution in [1.82, 2.24) is 9.80 Å². The summed E-state index contributed by atoms with van der Waals surface area (Å²) in [5.41, 5.74) is 4.42. The van der Waals surface area contributed by atoms with Crippen LogP contribution in [0.2, 0.25) is 0 Å². The molecular weight excluding hydrogens is 436 g/mol. The normalized spacial score (nSPS) is 24.4. The maximum Gasteiger partial charge on any atom is 0.119 e. The fourth-order valence-corrected chi connectivity index (χ4v) is 5.88. The monoisotopic (exact) mass is 468 g/mol. The number of piperidine rings is 1. The van der Waals surface area contributed by atoms with Gasteiger partial charge in [0.25, 0.3) is 0 Å². The average Bonchev–Trinajstić information content (AvgIpc) is 3.26. The summed E-state index contributed by atoms with van der Waals surface area (Å²) in [5.74, 6) is 1.51. The zero-order chi connectivity index (χ0) is 20.3. The maximum absolute atomic E-state index is 6.22. The van der Waals surface area contributed by atoms with Crippen LogP contribution in [-0.2, 0) is 0 Å². The third kappa shape index (κ3) is 4.46. The highest BCUT2D eigenvalue weighted by atomic mass is 79.9. The zero-order valence-corrected chi connectivity index (χ0v) is 19.4. The van der Waals surface area contributed by atoms with Gasteiger partial charge in [-0.1, -0.05) is 40.5 Å². The smallest absolute Gasteiger partial charge is 0.119 e. The third-order valence-corrected chi connectivity index (χ3v) is 7.71. The van der Waals surface area contributed by atoms with Crippen LogP contribution < -0.4 is 4.74 Å². The maximum atomic E-state index is 6.22. The molecule has 0 N–H and O–H groups in total. The van der Waals surface area contributed by atoms with E-state index in [1.54, 1.807) is 0 Å². The number of rotatable bonds is 6. The summed E-state index contributed by atoms with van der Waals surface area (Å²) in [5, 5.41) is 0. The van der Waals surface area contributed by atoms with Gasteiger partial charge in [-0.2, -0.15) is 0 Å². The van der Waals surface area contributed by atoms with E-state index in [0.717, 1.165) is 29.8 Å². The van der Waals surface area contributed by atoms with E-state index in [9.17, 15) is 0 Å². The minimum Gasteiger partial charge on any atom is -0.494 e. The number of hydrogen-bond acceptors (Lipinski definition) is 3. The highest BCUT2D eigenvalue weighted by Gasteiger charge is 2.36. The van der Waals surface area contributed by atoms with Crippen molar-refractivity contribution in [2.75, 3.05) is 39.3 Å². The molecule has 4 heteroatoms. The second-order valence-corrected chi connectivity index (χ2v) is 10.1. The van der Waals surface area contributed by atoms with Crippen molar-refractivity contribution in [2.24, 2.45) is 0 Å². The first-order valence-electron chi connectivity index (χ1n) is 11.8. The van der Waals surface area contributed by atoms with Crippen molar-refractivity contribution < 1.29 is 4.74 Å². The van der Waals surface area contributed by atoms with Gasteiger partial charge in [-0.3, -0.25) is 4.90 Å². The Balaban J connectivity index is 1.29. The molecule has 5 rings (SSSR count). The molecule has 2 aromatic carbocycles. The molecule has 0 amide bonds. The van der Waals surface area contributed by atoms with Crippen molar-refractivity contribution in [3.05, 3.63) is 63.6 Å². The van der Waals surface area contributed by atoms with Crippen molar-refractivity contribution in [2.45, 2.75) is 50.5 Å². The van der Waals surface area contributed by atoms with Crippen LogP contribution in [0.5, 0.6) is 5.75 Å². The van der Waals surface area contributed by atoms with E-state index < -0.39 is 0 Å². The van der Waals surface area contributed by atoms with Gasteiger partial charge in [0.1, 0.15) is 5.75 Å². The zero-order valence-electron chi connectivity index (χ0n) is 17.9. The molecular formula is C26H33BrN2O. The van der Waals surface area contributed by atoms with Gasteiger partial charge in [-0.25, -0.2) is 0 Å². The first-order chi connectivity index (χ1) is 14.8. The molecule has 3 aliphatic heterocycles. The molecule has 0 aliphatic carbocycles. The lowest BCUT2D eigenvalue weighted by Crippen LogP contribution is -2.34. The lowest BCUT2D eigenvalue weighted by Gasteiger charge is -2.37. The minimum absolute atomic E-state index is 0.454. The number of ether oxygens (including phenoxy) is 1. The van der Waals surface area contributed by atoms with Gasteiger partial charge < -0.3 is 9.64 Å². The summed E-state index contributed by atoms with van der Waals surface area (Å²) in [6.07, 6.45) is 7.83. The van der Waals surface area contributed by atoms with Crippen LogP contribution in [0.3, 0.4) is 0 Å². The third-order valence-electron chi connectivity index (χ3n) is 7.18. The lowest BCUT2D eigenvalue weighted by atomic mass is 9.81. The standard InChI is InChI=1S/C26H33BrN2O/c27-21-9-7-20(8-10-21)25-19-29-16-4-6-26(29)24-18-22(11-12-23(24)25)30-17-5-15-28-13-2-1-3-14-28/h7-12,18,25-26H,1-6,13-17,19H2/t25-,26-/m0/s1. The molecule has 0 bridgehead atoms.